The molecule has 108 valence electrons. The highest BCUT2D eigenvalue weighted by Crippen LogP contribution is 2.37. The zero-order chi connectivity index (χ0) is 14.8. The molecule has 20 heavy (non-hydrogen) atoms. The van der Waals surface area contributed by atoms with Crippen molar-refractivity contribution in [2.75, 3.05) is 11.9 Å². The van der Waals surface area contributed by atoms with Crippen LogP contribution < -0.4 is 4.90 Å². The van der Waals surface area contributed by atoms with Crippen LogP contribution in [0.2, 0.25) is 0 Å². The maximum absolute atomic E-state index is 13.1. The SMILES string of the molecule is CN(Cc1ccsc1)c1ccc(CCl)cc1C(F)(F)F. The summed E-state index contributed by atoms with van der Waals surface area (Å²) in [5.41, 5.74) is 0.977. The first kappa shape index (κ1) is 15.2. The van der Waals surface area contributed by atoms with E-state index >= 15 is 0 Å². The van der Waals surface area contributed by atoms with Crippen molar-refractivity contribution in [3.63, 3.8) is 0 Å². The summed E-state index contributed by atoms with van der Waals surface area (Å²) in [6.45, 7) is 0.437. The Morgan fingerprint density at radius 2 is 1.95 bits per heavy atom. The molecule has 0 atom stereocenters. The van der Waals surface area contributed by atoms with Gasteiger partial charge in [-0.15, -0.1) is 11.6 Å². The standard InChI is InChI=1S/C14H13ClF3NS/c1-19(8-11-4-5-20-9-11)13-3-2-10(7-15)6-12(13)14(16,17)18/h2-6,9H,7-8H2,1H3. The van der Waals surface area contributed by atoms with E-state index in [1.807, 2.05) is 16.8 Å². The predicted octanol–water partition coefficient (Wildman–Crippen LogP) is 5.14. The second-order valence-corrected chi connectivity index (χ2v) is 5.52. The smallest absolute Gasteiger partial charge is 0.370 e. The maximum Gasteiger partial charge on any atom is 0.418 e. The van der Waals surface area contributed by atoms with E-state index in [0.29, 0.717) is 12.1 Å². The molecule has 0 aliphatic heterocycles. The first-order chi connectivity index (χ1) is 9.41. The van der Waals surface area contributed by atoms with Crippen LogP contribution in [0.4, 0.5) is 18.9 Å². The van der Waals surface area contributed by atoms with Crippen molar-refractivity contribution in [3.05, 3.63) is 51.7 Å². The van der Waals surface area contributed by atoms with Crippen LogP contribution >= 0.6 is 22.9 Å². The molecule has 0 aliphatic rings. The normalized spacial score (nSPS) is 11.7. The third-order valence-electron chi connectivity index (χ3n) is 2.93. The Morgan fingerprint density at radius 1 is 1.20 bits per heavy atom. The molecule has 6 heteroatoms. The Bertz CT molecular complexity index is 566. The number of anilines is 1. The summed E-state index contributed by atoms with van der Waals surface area (Å²) in [5.74, 6) is 0.0671. The van der Waals surface area contributed by atoms with E-state index in [9.17, 15) is 13.2 Å². The second-order valence-electron chi connectivity index (χ2n) is 4.47. The van der Waals surface area contributed by atoms with Gasteiger partial charge in [0.2, 0.25) is 0 Å². The van der Waals surface area contributed by atoms with Crippen LogP contribution in [0.15, 0.2) is 35.0 Å². The lowest BCUT2D eigenvalue weighted by Crippen LogP contribution is -2.20. The Labute approximate surface area is 124 Å². The minimum Gasteiger partial charge on any atom is -0.370 e. The summed E-state index contributed by atoms with van der Waals surface area (Å²) in [6.07, 6.45) is -4.39. The highest BCUT2D eigenvalue weighted by Gasteiger charge is 2.34. The van der Waals surface area contributed by atoms with Gasteiger partial charge in [0.1, 0.15) is 0 Å². The van der Waals surface area contributed by atoms with Gasteiger partial charge in [-0.2, -0.15) is 24.5 Å². The fraction of sp³-hybridized carbons (Fsp3) is 0.286. The molecule has 2 aromatic rings. The molecular weight excluding hydrogens is 307 g/mol. The molecule has 0 N–H and O–H groups in total. The van der Waals surface area contributed by atoms with Crippen molar-refractivity contribution in [2.24, 2.45) is 0 Å². The molecule has 0 amide bonds. The second kappa shape index (κ2) is 6.06. The highest BCUT2D eigenvalue weighted by atomic mass is 35.5. The van der Waals surface area contributed by atoms with Gasteiger partial charge in [-0.1, -0.05) is 6.07 Å². The number of hydrogen-bond donors (Lipinski definition) is 0. The van der Waals surface area contributed by atoms with Gasteiger partial charge in [-0.3, -0.25) is 0 Å². The molecule has 0 fully saturated rings. The fourth-order valence-electron chi connectivity index (χ4n) is 1.97. The largest absolute Gasteiger partial charge is 0.418 e. The van der Waals surface area contributed by atoms with Crippen molar-refractivity contribution in [3.8, 4) is 0 Å². The van der Waals surface area contributed by atoms with Crippen LogP contribution in [-0.4, -0.2) is 7.05 Å². The minimum absolute atomic E-state index is 0.0671. The predicted molar refractivity (Wildman–Crippen MR) is 77.4 cm³/mol. The van der Waals surface area contributed by atoms with Gasteiger partial charge in [0.25, 0.3) is 0 Å². The van der Waals surface area contributed by atoms with E-state index in [4.69, 9.17) is 11.6 Å². The number of halogens is 4. The number of rotatable bonds is 4. The molecular formula is C14H13ClF3NS. The van der Waals surface area contributed by atoms with Crippen molar-refractivity contribution >= 4 is 28.6 Å². The van der Waals surface area contributed by atoms with E-state index in [1.165, 1.54) is 17.4 Å². The Balaban J connectivity index is 2.34. The van der Waals surface area contributed by atoms with Crippen LogP contribution in [0.3, 0.4) is 0 Å². The first-order valence-corrected chi connectivity index (χ1v) is 7.38. The Morgan fingerprint density at radius 3 is 2.50 bits per heavy atom. The van der Waals surface area contributed by atoms with Gasteiger partial charge in [-0.25, -0.2) is 0 Å². The average Bonchev–Trinajstić information content (AvgIpc) is 2.89. The number of hydrogen-bond acceptors (Lipinski definition) is 2. The van der Waals surface area contributed by atoms with Crippen molar-refractivity contribution < 1.29 is 13.2 Å². The van der Waals surface area contributed by atoms with Crippen LogP contribution in [0.5, 0.6) is 0 Å². The van der Waals surface area contributed by atoms with Gasteiger partial charge in [0, 0.05) is 25.2 Å². The molecule has 1 heterocycles. The number of nitrogens with zero attached hydrogens (tertiary/aromatic N) is 1. The minimum atomic E-state index is -4.39. The zero-order valence-corrected chi connectivity index (χ0v) is 12.3. The quantitative estimate of drug-likeness (QED) is 0.705. The molecule has 1 nitrogen and oxygen atoms in total. The molecule has 0 radical (unpaired) electrons. The molecule has 0 spiro atoms. The molecule has 0 bridgehead atoms. The molecule has 1 aromatic carbocycles. The van der Waals surface area contributed by atoms with Crippen molar-refractivity contribution in [1.82, 2.24) is 0 Å². The van der Waals surface area contributed by atoms with E-state index in [0.717, 1.165) is 11.6 Å². The van der Waals surface area contributed by atoms with E-state index in [2.05, 4.69) is 0 Å². The van der Waals surface area contributed by atoms with Crippen LogP contribution in [0.25, 0.3) is 0 Å². The molecule has 0 unspecified atom stereocenters. The van der Waals surface area contributed by atoms with Crippen LogP contribution in [0.1, 0.15) is 16.7 Å². The maximum atomic E-state index is 13.1. The molecule has 1 aromatic heterocycles. The molecule has 2 rings (SSSR count). The summed E-state index contributed by atoms with van der Waals surface area (Å²) in [4.78, 5) is 1.60. The molecule has 0 aliphatic carbocycles. The lowest BCUT2D eigenvalue weighted by molar-refractivity contribution is -0.137. The number of thiophene rings is 1. The monoisotopic (exact) mass is 319 g/mol. The third-order valence-corrected chi connectivity index (χ3v) is 3.97. The van der Waals surface area contributed by atoms with Gasteiger partial charge >= 0.3 is 6.18 Å². The van der Waals surface area contributed by atoms with Gasteiger partial charge in [-0.05, 0) is 40.1 Å². The fourth-order valence-corrected chi connectivity index (χ4v) is 2.79. The van der Waals surface area contributed by atoms with E-state index in [1.54, 1.807) is 18.0 Å². The number of alkyl halides is 4. The topological polar surface area (TPSA) is 3.24 Å². The van der Waals surface area contributed by atoms with Crippen LogP contribution in [0, 0.1) is 0 Å². The lowest BCUT2D eigenvalue weighted by Gasteiger charge is -2.23. The molecule has 0 saturated heterocycles. The Kier molecular flexibility index (Phi) is 4.60. The first-order valence-electron chi connectivity index (χ1n) is 5.90. The summed E-state index contributed by atoms with van der Waals surface area (Å²) in [6, 6.07) is 6.13. The summed E-state index contributed by atoms with van der Waals surface area (Å²) in [7, 11) is 1.66. The zero-order valence-electron chi connectivity index (χ0n) is 10.7. The van der Waals surface area contributed by atoms with Crippen LogP contribution in [-0.2, 0) is 18.6 Å². The summed E-state index contributed by atoms with van der Waals surface area (Å²) in [5, 5.41) is 3.83. The number of benzene rings is 1. The third kappa shape index (κ3) is 3.46. The van der Waals surface area contributed by atoms with Gasteiger partial charge in [0.05, 0.1) is 5.56 Å². The summed E-state index contributed by atoms with van der Waals surface area (Å²) >= 11 is 7.14. The van der Waals surface area contributed by atoms with Crippen molar-refractivity contribution in [1.29, 1.82) is 0 Å². The van der Waals surface area contributed by atoms with E-state index < -0.39 is 11.7 Å². The van der Waals surface area contributed by atoms with E-state index in [-0.39, 0.29) is 11.6 Å². The lowest BCUT2D eigenvalue weighted by atomic mass is 10.1. The van der Waals surface area contributed by atoms with Crippen molar-refractivity contribution in [2.45, 2.75) is 18.6 Å². The van der Waals surface area contributed by atoms with Gasteiger partial charge in [0.15, 0.2) is 0 Å². The van der Waals surface area contributed by atoms with Gasteiger partial charge < -0.3 is 4.90 Å². The summed E-state index contributed by atoms with van der Waals surface area (Å²) < 4.78 is 39.4. The Hall–Kier alpha value is -1.20. The average molecular weight is 320 g/mol. The molecule has 0 saturated carbocycles. The highest BCUT2D eigenvalue weighted by molar-refractivity contribution is 7.07.